The Bertz CT molecular complexity index is 118. The summed E-state index contributed by atoms with van der Waals surface area (Å²) in [5.41, 5.74) is 0. The molecule has 4 nitrogen and oxygen atoms in total. The Morgan fingerprint density at radius 1 is 1.62 bits per heavy atom. The normalized spacial score (nSPS) is 17.5. The van der Waals surface area contributed by atoms with Crippen LogP contribution in [0.15, 0.2) is 5.34 Å². The monoisotopic (exact) mass is 115 g/mol. The average Bonchev–Trinajstić information content (AvgIpc) is 2.45. The van der Waals surface area contributed by atoms with Crippen molar-refractivity contribution in [1.82, 2.24) is 0 Å². The quantitative estimate of drug-likeness (QED) is 0.391. The molecule has 1 fully saturated rings. The summed E-state index contributed by atoms with van der Waals surface area (Å²) in [7, 11) is 0. The molecule has 0 heterocycles. The van der Waals surface area contributed by atoms with Gasteiger partial charge in [-0.25, -0.2) is 4.79 Å². The first kappa shape index (κ1) is 5.21. The van der Waals surface area contributed by atoms with E-state index in [0.717, 1.165) is 12.8 Å². The fourth-order valence-electron chi connectivity index (χ4n) is 0.430. The van der Waals surface area contributed by atoms with E-state index < -0.39 is 5.97 Å². The molecule has 1 aliphatic rings. The second-order valence-electron chi connectivity index (χ2n) is 1.76. The minimum Gasteiger partial charge on any atom is -0.284 e. The van der Waals surface area contributed by atoms with E-state index in [4.69, 9.17) is 0 Å². The molecule has 0 unspecified atom stereocenters. The van der Waals surface area contributed by atoms with Crippen molar-refractivity contribution in [3.05, 3.63) is 4.91 Å². The van der Waals surface area contributed by atoms with Crippen LogP contribution in [0.5, 0.6) is 0 Å². The second kappa shape index (κ2) is 1.90. The molecule has 0 aromatic carbocycles. The molecule has 1 aliphatic carbocycles. The molecule has 0 N–H and O–H groups in total. The maximum absolute atomic E-state index is 10.3. The Morgan fingerprint density at radius 3 is 2.62 bits per heavy atom. The van der Waals surface area contributed by atoms with Crippen molar-refractivity contribution in [3.8, 4) is 0 Å². The second-order valence-corrected chi connectivity index (χ2v) is 1.76. The lowest BCUT2D eigenvalue weighted by Crippen LogP contribution is -1.99. The zero-order valence-corrected chi connectivity index (χ0v) is 4.16. The molecule has 0 amide bonds. The summed E-state index contributed by atoms with van der Waals surface area (Å²) in [6.07, 6.45) is 1.68. The first-order valence-electron chi connectivity index (χ1n) is 2.38. The van der Waals surface area contributed by atoms with E-state index >= 15 is 0 Å². The van der Waals surface area contributed by atoms with E-state index in [1.54, 1.807) is 0 Å². The standard InChI is InChI=1S/C4H5NO3/c6-4(8-5-7)3-1-2-3/h3H,1-2H2. The van der Waals surface area contributed by atoms with Crippen molar-refractivity contribution >= 4 is 5.97 Å². The molecule has 8 heavy (non-hydrogen) atoms. The third-order valence-corrected chi connectivity index (χ3v) is 1.04. The maximum atomic E-state index is 10.3. The predicted molar refractivity (Wildman–Crippen MR) is 24.6 cm³/mol. The van der Waals surface area contributed by atoms with Crippen molar-refractivity contribution < 1.29 is 9.63 Å². The highest BCUT2D eigenvalue weighted by Gasteiger charge is 2.31. The molecule has 0 spiro atoms. The number of rotatable bonds is 2. The van der Waals surface area contributed by atoms with E-state index in [9.17, 15) is 9.70 Å². The molecule has 1 saturated carbocycles. The SMILES string of the molecule is O=NOC(=O)C1CC1. The van der Waals surface area contributed by atoms with Gasteiger partial charge in [-0.2, -0.15) is 0 Å². The summed E-state index contributed by atoms with van der Waals surface area (Å²) in [6, 6.07) is 0. The van der Waals surface area contributed by atoms with Crippen LogP contribution < -0.4 is 0 Å². The molecule has 0 aromatic heterocycles. The molecular weight excluding hydrogens is 110 g/mol. The summed E-state index contributed by atoms with van der Waals surface area (Å²) < 4.78 is 0. The zero-order valence-electron chi connectivity index (χ0n) is 4.16. The lowest BCUT2D eigenvalue weighted by molar-refractivity contribution is -0.145. The van der Waals surface area contributed by atoms with Crippen molar-refractivity contribution in [2.75, 3.05) is 0 Å². The van der Waals surface area contributed by atoms with Crippen LogP contribution in [-0.2, 0) is 9.63 Å². The zero-order chi connectivity index (χ0) is 5.98. The van der Waals surface area contributed by atoms with Crippen molar-refractivity contribution in [2.24, 2.45) is 11.3 Å². The fraction of sp³-hybridized carbons (Fsp3) is 0.750. The molecule has 0 radical (unpaired) electrons. The van der Waals surface area contributed by atoms with Gasteiger partial charge in [0.1, 0.15) is 0 Å². The third kappa shape index (κ3) is 1.02. The van der Waals surface area contributed by atoms with Gasteiger partial charge in [0.05, 0.1) is 5.92 Å². The van der Waals surface area contributed by atoms with Crippen LogP contribution in [0.3, 0.4) is 0 Å². The van der Waals surface area contributed by atoms with Gasteiger partial charge in [0, 0.05) is 0 Å². The maximum Gasteiger partial charge on any atom is 0.341 e. The minimum absolute atomic E-state index is 0.0345. The lowest BCUT2D eigenvalue weighted by atomic mass is 10.5. The summed E-state index contributed by atoms with van der Waals surface area (Å²) in [5, 5.41) is 2.00. The number of hydrogen-bond acceptors (Lipinski definition) is 4. The van der Waals surface area contributed by atoms with Gasteiger partial charge >= 0.3 is 5.97 Å². The summed E-state index contributed by atoms with van der Waals surface area (Å²) >= 11 is 0. The van der Waals surface area contributed by atoms with Gasteiger partial charge in [-0.15, -0.1) is 4.91 Å². The minimum atomic E-state index is -0.486. The smallest absolute Gasteiger partial charge is 0.284 e. The summed E-state index contributed by atoms with van der Waals surface area (Å²) in [6.45, 7) is 0. The van der Waals surface area contributed by atoms with Gasteiger partial charge in [0.25, 0.3) is 0 Å². The van der Waals surface area contributed by atoms with Crippen LogP contribution >= 0.6 is 0 Å². The van der Waals surface area contributed by atoms with Crippen molar-refractivity contribution in [3.63, 3.8) is 0 Å². The number of carbonyl (C=O) groups excluding carboxylic acids is 1. The molecule has 0 aliphatic heterocycles. The van der Waals surface area contributed by atoms with E-state index in [1.807, 2.05) is 5.34 Å². The molecule has 0 atom stereocenters. The number of nitrogens with zero attached hydrogens (tertiary/aromatic N) is 1. The molecular formula is C4H5NO3. The highest BCUT2D eigenvalue weighted by atomic mass is 16.7. The number of hydrogen-bond donors (Lipinski definition) is 0. The molecule has 4 heteroatoms. The Hall–Kier alpha value is -0.930. The van der Waals surface area contributed by atoms with E-state index in [0.29, 0.717) is 0 Å². The Morgan fingerprint density at radius 2 is 2.25 bits per heavy atom. The highest BCUT2D eigenvalue weighted by molar-refractivity contribution is 5.74. The Labute approximate surface area is 45.8 Å². The number of carbonyl (C=O) groups is 1. The van der Waals surface area contributed by atoms with Gasteiger partial charge < -0.3 is 0 Å². The Balaban J connectivity index is 2.22. The molecule has 0 aromatic rings. The van der Waals surface area contributed by atoms with Crippen molar-refractivity contribution in [1.29, 1.82) is 0 Å². The summed E-state index contributed by atoms with van der Waals surface area (Å²) in [5.74, 6) is -0.521. The first-order chi connectivity index (χ1) is 3.84. The largest absolute Gasteiger partial charge is 0.341 e. The fourth-order valence-corrected chi connectivity index (χ4v) is 0.430. The molecule has 0 bridgehead atoms. The molecule has 1 rings (SSSR count). The van der Waals surface area contributed by atoms with Crippen molar-refractivity contribution in [2.45, 2.75) is 12.8 Å². The lowest BCUT2D eigenvalue weighted by Gasteiger charge is -1.84. The molecule has 0 saturated heterocycles. The van der Waals surface area contributed by atoms with Gasteiger partial charge in [-0.1, -0.05) is 0 Å². The van der Waals surface area contributed by atoms with Gasteiger partial charge in [0.2, 0.25) is 0 Å². The van der Waals surface area contributed by atoms with Gasteiger partial charge in [0.15, 0.2) is 5.34 Å². The van der Waals surface area contributed by atoms with Crippen LogP contribution in [0.25, 0.3) is 0 Å². The highest BCUT2D eigenvalue weighted by Crippen LogP contribution is 2.29. The first-order valence-corrected chi connectivity index (χ1v) is 2.38. The topological polar surface area (TPSA) is 55.7 Å². The summed E-state index contributed by atoms with van der Waals surface area (Å²) in [4.78, 5) is 23.3. The Kier molecular flexibility index (Phi) is 1.24. The van der Waals surface area contributed by atoms with E-state index in [1.165, 1.54) is 0 Å². The van der Waals surface area contributed by atoms with Gasteiger partial charge in [-0.05, 0) is 12.8 Å². The van der Waals surface area contributed by atoms with Crippen LogP contribution in [0, 0.1) is 10.8 Å². The van der Waals surface area contributed by atoms with Crippen LogP contribution in [0.1, 0.15) is 12.8 Å². The van der Waals surface area contributed by atoms with Crippen LogP contribution in [0.2, 0.25) is 0 Å². The van der Waals surface area contributed by atoms with Crippen LogP contribution in [0.4, 0.5) is 0 Å². The van der Waals surface area contributed by atoms with Crippen LogP contribution in [-0.4, -0.2) is 5.97 Å². The van der Waals surface area contributed by atoms with E-state index in [2.05, 4.69) is 4.84 Å². The molecule has 44 valence electrons. The van der Waals surface area contributed by atoms with Gasteiger partial charge in [-0.3, -0.25) is 4.84 Å². The third-order valence-electron chi connectivity index (χ3n) is 1.04. The van der Waals surface area contributed by atoms with E-state index in [-0.39, 0.29) is 5.92 Å². The average molecular weight is 115 g/mol. The predicted octanol–water partition coefficient (Wildman–Crippen LogP) is 0.621.